The molecule has 0 fully saturated rings. The average Bonchev–Trinajstić information content (AvgIpc) is 3.20. The van der Waals surface area contributed by atoms with E-state index in [1.54, 1.807) is 0 Å². The van der Waals surface area contributed by atoms with Crippen molar-refractivity contribution in [3.8, 4) is 11.5 Å². The Balaban J connectivity index is 1.62. The molecule has 0 bridgehead atoms. The van der Waals surface area contributed by atoms with E-state index < -0.39 is 30.4 Å². The molecule has 3 aromatic rings. The number of anilines is 2. The highest BCUT2D eigenvalue weighted by molar-refractivity contribution is 5.92. The molecule has 0 radical (unpaired) electrons. The second-order valence-corrected chi connectivity index (χ2v) is 6.06. The number of rotatable bonds is 7. The van der Waals surface area contributed by atoms with Crippen LogP contribution in [0.5, 0.6) is 0 Å². The molecule has 0 aliphatic heterocycles. The summed E-state index contributed by atoms with van der Waals surface area (Å²) in [5, 5.41) is 23.2. The number of hydrogen-bond acceptors (Lipinski definition) is 8. The summed E-state index contributed by atoms with van der Waals surface area (Å²) in [6, 6.07) is 5.08. The zero-order valence-electron chi connectivity index (χ0n) is 15.2. The normalized spacial score (nSPS) is 12.4. The molecule has 0 saturated heterocycles. The summed E-state index contributed by atoms with van der Waals surface area (Å²) >= 11 is 0. The monoisotopic (exact) mass is 423 g/mol. The van der Waals surface area contributed by atoms with Crippen LogP contribution < -0.4 is 10.6 Å². The number of oxazole rings is 1. The van der Waals surface area contributed by atoms with Crippen molar-refractivity contribution in [3.05, 3.63) is 54.1 Å². The number of hydrogen-bond donors (Lipinski definition) is 4. The predicted molar refractivity (Wildman–Crippen MR) is 97.7 cm³/mol. The van der Waals surface area contributed by atoms with Gasteiger partial charge in [-0.2, -0.15) is 13.2 Å². The minimum absolute atomic E-state index is 0.0526. The maximum atomic E-state index is 12.6. The number of nitrogens with one attached hydrogen (secondary N) is 2. The largest absolute Gasteiger partial charge is 0.422 e. The van der Waals surface area contributed by atoms with Gasteiger partial charge in [0, 0.05) is 12.7 Å². The van der Waals surface area contributed by atoms with Gasteiger partial charge in [0.25, 0.3) is 11.9 Å². The fraction of sp³-hybridized carbons (Fsp3) is 0.222. The summed E-state index contributed by atoms with van der Waals surface area (Å²) in [5.74, 6) is -0.363. The van der Waals surface area contributed by atoms with Gasteiger partial charge in [0.1, 0.15) is 11.4 Å². The van der Waals surface area contributed by atoms with Gasteiger partial charge in [-0.1, -0.05) is 0 Å². The van der Waals surface area contributed by atoms with Gasteiger partial charge in [0.05, 0.1) is 36.4 Å². The maximum absolute atomic E-state index is 12.6. The molecule has 0 aliphatic rings. The standard InChI is InChI=1S/C18H16F3N5O4/c19-18(20,21)10-1-3-13(22-5-10)15-8-25-17(30-15)26-11-2-4-14(23-6-11)16(29)24-7-12(28)9-27/h1-6,8,12,27-28H,7,9H2,(H,24,29)(H,25,26)/t12-/m1/s1. The second kappa shape index (κ2) is 8.88. The van der Waals surface area contributed by atoms with E-state index in [0.29, 0.717) is 11.9 Å². The van der Waals surface area contributed by atoms with Crippen LogP contribution in [0.2, 0.25) is 0 Å². The van der Waals surface area contributed by atoms with Crippen LogP contribution in [0.15, 0.2) is 47.3 Å². The van der Waals surface area contributed by atoms with Crippen LogP contribution in [-0.4, -0.2) is 50.3 Å². The Morgan fingerprint density at radius 3 is 2.50 bits per heavy atom. The molecule has 4 N–H and O–H groups in total. The predicted octanol–water partition coefficient (Wildman–Crippen LogP) is 1.98. The summed E-state index contributed by atoms with van der Waals surface area (Å²) < 4.78 is 43.2. The molecule has 30 heavy (non-hydrogen) atoms. The molecule has 3 rings (SSSR count). The third kappa shape index (κ3) is 5.30. The smallest absolute Gasteiger partial charge is 0.417 e. The Labute approximate surface area is 167 Å². The first-order valence-corrected chi connectivity index (χ1v) is 8.56. The third-order valence-corrected chi connectivity index (χ3v) is 3.81. The topological polar surface area (TPSA) is 133 Å². The number of aliphatic hydroxyl groups excluding tert-OH is 2. The Bertz CT molecular complexity index is 990. The van der Waals surface area contributed by atoms with Crippen molar-refractivity contribution in [2.45, 2.75) is 12.3 Å². The minimum atomic E-state index is -4.48. The van der Waals surface area contributed by atoms with Crippen LogP contribution in [0, 0.1) is 0 Å². The molecule has 158 valence electrons. The molecule has 3 aromatic heterocycles. The van der Waals surface area contributed by atoms with Gasteiger partial charge in [0.2, 0.25) is 0 Å². The van der Waals surface area contributed by atoms with Gasteiger partial charge in [0.15, 0.2) is 5.76 Å². The molecule has 12 heteroatoms. The molecule has 3 heterocycles. The number of amides is 1. The van der Waals surface area contributed by atoms with Crippen molar-refractivity contribution in [3.63, 3.8) is 0 Å². The van der Waals surface area contributed by atoms with Crippen LogP contribution in [0.1, 0.15) is 16.1 Å². The first-order chi connectivity index (χ1) is 14.3. The summed E-state index contributed by atoms with van der Waals surface area (Å²) in [7, 11) is 0. The number of aliphatic hydroxyl groups is 2. The number of carbonyl (C=O) groups is 1. The third-order valence-electron chi connectivity index (χ3n) is 3.81. The Kier molecular flexibility index (Phi) is 6.28. The van der Waals surface area contributed by atoms with Crippen LogP contribution in [0.4, 0.5) is 24.9 Å². The second-order valence-electron chi connectivity index (χ2n) is 6.06. The van der Waals surface area contributed by atoms with E-state index in [2.05, 4.69) is 25.6 Å². The van der Waals surface area contributed by atoms with Crippen molar-refractivity contribution in [1.82, 2.24) is 20.3 Å². The molecule has 0 aromatic carbocycles. The lowest BCUT2D eigenvalue weighted by molar-refractivity contribution is -0.137. The van der Waals surface area contributed by atoms with Gasteiger partial charge in [-0.3, -0.25) is 9.78 Å². The Morgan fingerprint density at radius 1 is 1.10 bits per heavy atom. The first kappa shape index (κ1) is 21.2. The highest BCUT2D eigenvalue weighted by Gasteiger charge is 2.30. The highest BCUT2D eigenvalue weighted by atomic mass is 19.4. The molecule has 0 unspecified atom stereocenters. The van der Waals surface area contributed by atoms with Crippen LogP contribution in [0.25, 0.3) is 11.5 Å². The molecular weight excluding hydrogens is 407 g/mol. The lowest BCUT2D eigenvalue weighted by Crippen LogP contribution is -2.34. The van der Waals surface area contributed by atoms with E-state index in [1.165, 1.54) is 30.6 Å². The quantitative estimate of drug-likeness (QED) is 0.453. The summed E-state index contributed by atoms with van der Waals surface area (Å²) in [5.41, 5.74) is -0.160. The van der Waals surface area contributed by atoms with Crippen LogP contribution in [-0.2, 0) is 6.18 Å². The summed E-state index contributed by atoms with van der Waals surface area (Å²) in [4.78, 5) is 23.6. The van der Waals surface area contributed by atoms with E-state index in [4.69, 9.17) is 9.52 Å². The van der Waals surface area contributed by atoms with Crippen molar-refractivity contribution in [1.29, 1.82) is 0 Å². The number of pyridine rings is 2. The minimum Gasteiger partial charge on any atom is -0.422 e. The molecule has 1 atom stereocenters. The van der Waals surface area contributed by atoms with Crippen molar-refractivity contribution in [2.24, 2.45) is 0 Å². The van der Waals surface area contributed by atoms with Crippen molar-refractivity contribution in [2.75, 3.05) is 18.5 Å². The Hall–Kier alpha value is -3.51. The fourth-order valence-electron chi connectivity index (χ4n) is 2.25. The van der Waals surface area contributed by atoms with Crippen LogP contribution in [0.3, 0.4) is 0 Å². The molecule has 1 amide bonds. The fourth-order valence-corrected chi connectivity index (χ4v) is 2.25. The zero-order valence-corrected chi connectivity index (χ0v) is 15.2. The average molecular weight is 423 g/mol. The maximum Gasteiger partial charge on any atom is 0.417 e. The van der Waals surface area contributed by atoms with Gasteiger partial charge in [-0.15, -0.1) is 0 Å². The van der Waals surface area contributed by atoms with E-state index in [1.807, 2.05) is 0 Å². The SMILES string of the molecule is O=C(NC[C@@H](O)CO)c1ccc(Nc2ncc(-c3ccc(C(F)(F)F)cn3)o2)cn1. The number of halogens is 3. The first-order valence-electron chi connectivity index (χ1n) is 8.56. The molecular formula is C18H16F3N5O4. The van der Waals surface area contributed by atoms with E-state index in [-0.39, 0.29) is 29.7 Å². The van der Waals surface area contributed by atoms with Crippen molar-refractivity contribution >= 4 is 17.6 Å². The summed E-state index contributed by atoms with van der Waals surface area (Å²) in [6.45, 7) is -0.592. The van der Waals surface area contributed by atoms with Gasteiger partial charge in [-0.25, -0.2) is 9.97 Å². The number of aromatic nitrogens is 3. The van der Waals surface area contributed by atoms with E-state index in [9.17, 15) is 23.1 Å². The lowest BCUT2D eigenvalue weighted by Gasteiger charge is -2.08. The van der Waals surface area contributed by atoms with E-state index in [0.717, 1.165) is 6.07 Å². The number of carbonyl (C=O) groups excluding carboxylic acids is 1. The lowest BCUT2D eigenvalue weighted by atomic mass is 10.2. The van der Waals surface area contributed by atoms with E-state index >= 15 is 0 Å². The van der Waals surface area contributed by atoms with Gasteiger partial charge >= 0.3 is 6.18 Å². The Morgan fingerprint density at radius 2 is 1.90 bits per heavy atom. The van der Waals surface area contributed by atoms with Gasteiger partial charge in [-0.05, 0) is 24.3 Å². The number of nitrogens with zero attached hydrogens (tertiary/aromatic N) is 3. The zero-order chi connectivity index (χ0) is 21.7. The molecule has 0 saturated carbocycles. The summed E-state index contributed by atoms with van der Waals surface area (Å²) in [6.07, 6.45) is -2.18. The number of alkyl halides is 3. The molecule has 0 aliphatic carbocycles. The van der Waals surface area contributed by atoms with Crippen LogP contribution >= 0.6 is 0 Å². The van der Waals surface area contributed by atoms with Gasteiger partial charge < -0.3 is 25.3 Å². The highest BCUT2D eigenvalue weighted by Crippen LogP contribution is 2.30. The van der Waals surface area contributed by atoms with Crippen molar-refractivity contribution < 1.29 is 32.6 Å². The molecule has 9 nitrogen and oxygen atoms in total. The molecule has 0 spiro atoms.